The summed E-state index contributed by atoms with van der Waals surface area (Å²) in [6.45, 7) is 4.03. The second-order valence-electron chi connectivity index (χ2n) is 11.6. The SMILES string of the molecule is Cc1cccc(C)c1Nc1ccc2c(-c3ccc(S(=O)(=O)O)cc3SOOO)c3ccc(N(C)c4ccccc4NS(C)(=O)=O)cc3[o+]c2c1. The maximum atomic E-state index is 12.1. The maximum Gasteiger partial charge on any atom is 0.363 e. The van der Waals surface area contributed by atoms with E-state index >= 15 is 0 Å². The Kier molecular flexibility index (Phi) is 9.74. The molecule has 0 unspecified atom stereocenters. The summed E-state index contributed by atoms with van der Waals surface area (Å²) in [5.41, 5.74) is 7.56. The molecule has 0 aliphatic carbocycles. The van der Waals surface area contributed by atoms with Crippen LogP contribution in [0.25, 0.3) is 33.1 Å². The minimum atomic E-state index is -4.58. The van der Waals surface area contributed by atoms with Crippen molar-refractivity contribution in [1.29, 1.82) is 0 Å². The third-order valence-electron chi connectivity index (χ3n) is 8.08. The lowest BCUT2D eigenvalue weighted by Crippen LogP contribution is -2.15. The lowest BCUT2D eigenvalue weighted by molar-refractivity contribution is -0.432. The van der Waals surface area contributed by atoms with Gasteiger partial charge in [-0.25, -0.2) is 18.1 Å². The predicted octanol–water partition coefficient (Wildman–Crippen LogP) is 8.71. The fourth-order valence-electron chi connectivity index (χ4n) is 5.79. The average molecular weight is 735 g/mol. The second kappa shape index (κ2) is 13.9. The van der Waals surface area contributed by atoms with Crippen molar-refractivity contribution in [3.63, 3.8) is 0 Å². The van der Waals surface area contributed by atoms with Crippen molar-refractivity contribution in [2.24, 2.45) is 0 Å². The molecule has 50 heavy (non-hydrogen) atoms. The summed E-state index contributed by atoms with van der Waals surface area (Å²) in [6.07, 6.45) is 1.08. The number of nitrogens with one attached hydrogen (secondary N) is 2. The third kappa shape index (κ3) is 7.39. The smallest absolute Gasteiger partial charge is 0.355 e. The van der Waals surface area contributed by atoms with Gasteiger partial charge in [0.1, 0.15) is 0 Å². The summed E-state index contributed by atoms with van der Waals surface area (Å²) in [5.74, 6) is 0. The Morgan fingerprint density at radius 1 is 0.820 bits per heavy atom. The van der Waals surface area contributed by atoms with Crippen molar-refractivity contribution in [1.82, 2.24) is 0 Å². The van der Waals surface area contributed by atoms with Crippen molar-refractivity contribution in [2.45, 2.75) is 23.6 Å². The molecule has 1 aromatic heterocycles. The molecule has 4 N–H and O–H groups in total. The Bertz CT molecular complexity index is 2470. The number of anilines is 5. The molecule has 0 bridgehead atoms. The Morgan fingerprint density at radius 2 is 1.50 bits per heavy atom. The lowest BCUT2D eigenvalue weighted by Gasteiger charge is -2.22. The van der Waals surface area contributed by atoms with Gasteiger partial charge in [0.2, 0.25) is 10.0 Å². The first-order valence-electron chi connectivity index (χ1n) is 15.0. The molecule has 6 rings (SSSR count). The number of aryl methyl sites for hydroxylation is 2. The molecule has 0 saturated carbocycles. The van der Waals surface area contributed by atoms with Crippen molar-refractivity contribution in [3.05, 3.63) is 108 Å². The maximum absolute atomic E-state index is 12.1. The van der Waals surface area contributed by atoms with Crippen LogP contribution in [0.2, 0.25) is 0 Å². The molecule has 5 aromatic carbocycles. The van der Waals surface area contributed by atoms with Crippen molar-refractivity contribution >= 4 is 82.6 Å². The van der Waals surface area contributed by atoms with Gasteiger partial charge in [-0.3, -0.25) is 9.27 Å². The van der Waals surface area contributed by atoms with Crippen LogP contribution in [0.4, 0.5) is 28.4 Å². The fraction of sp³-hybridized carbons (Fsp3) is 0.114. The van der Waals surface area contributed by atoms with Gasteiger partial charge in [0.05, 0.1) is 63.2 Å². The average Bonchev–Trinajstić information content (AvgIpc) is 3.06. The second-order valence-corrected chi connectivity index (χ2v) is 15.5. The van der Waals surface area contributed by atoms with Crippen LogP contribution in [0.1, 0.15) is 11.1 Å². The third-order valence-corrected chi connectivity index (χ3v) is 10.2. The number of hydrogen-bond donors (Lipinski definition) is 4. The van der Waals surface area contributed by atoms with Gasteiger partial charge in [0, 0.05) is 28.9 Å². The molecule has 0 aliphatic rings. The molecule has 0 atom stereocenters. The van der Waals surface area contributed by atoms with Gasteiger partial charge in [-0.1, -0.05) is 41.4 Å². The van der Waals surface area contributed by atoms with Crippen LogP contribution in [-0.4, -0.2) is 39.9 Å². The van der Waals surface area contributed by atoms with E-state index in [0.717, 1.165) is 28.8 Å². The zero-order valence-corrected chi connectivity index (χ0v) is 29.6. The van der Waals surface area contributed by atoms with E-state index in [-0.39, 0.29) is 9.79 Å². The molecule has 0 amide bonds. The standard InChI is InChI=1S/C35H31N3O9S3/c1-21-8-7-9-22(2)35(21)36-23-12-15-26-31(18-23)45-32-19-24(38(3)30-11-6-5-10-29(30)37-49(4,40)41)13-16-27(32)34(26)28-17-14-25(50(42,43)44)20-33(28)48-47-46-39/h5-20,36-37H,1-4H3,(H-,39,42,43,44)/p+1. The minimum absolute atomic E-state index is 0.211. The molecule has 0 spiro atoms. The highest BCUT2D eigenvalue weighted by Crippen LogP contribution is 2.44. The number of benzene rings is 5. The van der Waals surface area contributed by atoms with E-state index in [1.54, 1.807) is 31.3 Å². The van der Waals surface area contributed by atoms with Crippen LogP contribution in [0.3, 0.4) is 0 Å². The van der Waals surface area contributed by atoms with Crippen LogP contribution < -0.4 is 14.9 Å². The summed E-state index contributed by atoms with van der Waals surface area (Å²) >= 11 is 0.554. The highest BCUT2D eigenvalue weighted by Gasteiger charge is 2.26. The summed E-state index contributed by atoms with van der Waals surface area (Å²) in [5, 5.41) is 17.6. The van der Waals surface area contributed by atoms with Crippen molar-refractivity contribution in [3.8, 4) is 11.1 Å². The Balaban J connectivity index is 1.58. The van der Waals surface area contributed by atoms with E-state index in [2.05, 4.69) is 15.1 Å². The molecule has 12 nitrogen and oxygen atoms in total. The molecule has 0 aliphatic heterocycles. The summed E-state index contributed by atoms with van der Waals surface area (Å²) in [4.78, 5) is 1.65. The van der Waals surface area contributed by atoms with Gasteiger partial charge in [0.25, 0.3) is 10.1 Å². The predicted molar refractivity (Wildman–Crippen MR) is 196 cm³/mol. The zero-order chi connectivity index (χ0) is 35.8. The van der Waals surface area contributed by atoms with Crippen LogP contribution in [0.15, 0.2) is 111 Å². The van der Waals surface area contributed by atoms with E-state index in [4.69, 9.17) is 14.0 Å². The number of fused-ring (bicyclic) bond motifs is 2. The van der Waals surface area contributed by atoms with Crippen LogP contribution in [0, 0.1) is 13.8 Å². The summed E-state index contributed by atoms with van der Waals surface area (Å²) in [6, 6.07) is 28.1. The molecule has 15 heteroatoms. The highest BCUT2D eigenvalue weighted by molar-refractivity contribution is 7.94. The topological polar surface area (TPSA) is 166 Å². The van der Waals surface area contributed by atoms with Crippen molar-refractivity contribution in [2.75, 3.05) is 28.2 Å². The molecular formula is C35H32N3O9S3+. The van der Waals surface area contributed by atoms with Crippen LogP contribution in [0.5, 0.6) is 0 Å². The van der Waals surface area contributed by atoms with Gasteiger partial charge >= 0.3 is 11.2 Å². The molecule has 1 heterocycles. The summed E-state index contributed by atoms with van der Waals surface area (Å²) in [7, 11) is -6.34. The normalized spacial score (nSPS) is 12.0. The first-order chi connectivity index (χ1) is 23.7. The molecular weight excluding hydrogens is 703 g/mol. The molecule has 0 radical (unpaired) electrons. The van der Waals surface area contributed by atoms with Gasteiger partial charge in [0.15, 0.2) is 0 Å². The molecule has 258 valence electrons. The minimum Gasteiger partial charge on any atom is -0.355 e. The van der Waals surface area contributed by atoms with Crippen LogP contribution >= 0.6 is 12.0 Å². The Morgan fingerprint density at radius 3 is 2.18 bits per heavy atom. The fourth-order valence-corrected chi connectivity index (χ4v) is 7.49. The van der Waals surface area contributed by atoms with Crippen LogP contribution in [-0.2, 0) is 29.5 Å². The van der Waals surface area contributed by atoms with Gasteiger partial charge < -0.3 is 10.2 Å². The highest BCUT2D eigenvalue weighted by atomic mass is 32.2. The number of para-hydroxylation sites is 3. The summed E-state index contributed by atoms with van der Waals surface area (Å²) < 4.78 is 71.9. The van der Waals surface area contributed by atoms with E-state index < -0.39 is 20.1 Å². The van der Waals surface area contributed by atoms with Crippen molar-refractivity contribution < 1.29 is 40.4 Å². The number of sulfonamides is 1. The van der Waals surface area contributed by atoms with E-state index in [0.29, 0.717) is 62.2 Å². The monoisotopic (exact) mass is 734 g/mol. The lowest BCUT2D eigenvalue weighted by atomic mass is 9.96. The van der Waals surface area contributed by atoms with Gasteiger partial charge in [-0.15, -0.1) is 4.33 Å². The number of hydrogen-bond acceptors (Lipinski definition) is 10. The van der Waals surface area contributed by atoms with E-state index in [1.165, 1.54) is 18.2 Å². The first kappa shape index (κ1) is 35.1. The first-order valence-corrected chi connectivity index (χ1v) is 19.0. The number of rotatable bonds is 11. The van der Waals surface area contributed by atoms with Gasteiger partial charge in [-0.2, -0.15) is 8.42 Å². The van der Waals surface area contributed by atoms with E-state index in [1.807, 2.05) is 73.3 Å². The zero-order valence-electron chi connectivity index (χ0n) is 27.2. The Hall–Kier alpha value is -4.74. The number of nitrogens with zero attached hydrogens (tertiary/aromatic N) is 1. The molecule has 0 saturated heterocycles. The van der Waals surface area contributed by atoms with Gasteiger partial charge in [-0.05, 0) is 79.1 Å². The quantitative estimate of drug-likeness (QED) is 0.0250. The Labute approximate surface area is 293 Å². The van der Waals surface area contributed by atoms with E-state index in [9.17, 15) is 21.4 Å². The molecule has 0 fully saturated rings. The largest absolute Gasteiger partial charge is 0.363 e. The molecule has 6 aromatic rings.